The van der Waals surface area contributed by atoms with Crippen molar-refractivity contribution >= 4 is 28.6 Å². The van der Waals surface area contributed by atoms with E-state index in [1.165, 1.54) is 18.6 Å². The summed E-state index contributed by atoms with van der Waals surface area (Å²) >= 11 is 2.26. The summed E-state index contributed by atoms with van der Waals surface area (Å²) in [6.45, 7) is 2.94. The minimum atomic E-state index is -4.58. The number of benzene rings is 1. The number of alkyl halides is 4. The molecule has 7 nitrogen and oxygen atoms in total. The number of hydrogen-bond donors (Lipinski definition) is 2. The van der Waals surface area contributed by atoms with Gasteiger partial charge < -0.3 is 19.9 Å². The van der Waals surface area contributed by atoms with Crippen LogP contribution in [0.5, 0.6) is 5.75 Å². The number of rotatable bonds is 10. The monoisotopic (exact) mass is 579 g/mol. The first-order valence-corrected chi connectivity index (χ1v) is 12.4. The first-order chi connectivity index (χ1) is 15.7. The van der Waals surface area contributed by atoms with Crippen molar-refractivity contribution < 1.29 is 22.4 Å². The fourth-order valence-corrected chi connectivity index (χ4v) is 4.76. The average molecular weight is 579 g/mol. The van der Waals surface area contributed by atoms with E-state index in [0.29, 0.717) is 19.4 Å². The third kappa shape index (κ3) is 6.73. The molecule has 2 aromatic rings. The number of likely N-dealkylation sites (tertiary alicyclic amines) is 1. The number of aromatic nitrogens is 2. The van der Waals surface area contributed by atoms with Gasteiger partial charge in [0.1, 0.15) is 11.8 Å². The van der Waals surface area contributed by atoms with Crippen molar-refractivity contribution in [3.63, 3.8) is 0 Å². The third-order valence-electron chi connectivity index (χ3n) is 5.58. The van der Waals surface area contributed by atoms with Crippen LogP contribution < -0.4 is 10.5 Å². The molecule has 1 aromatic heterocycles. The predicted octanol–water partition coefficient (Wildman–Crippen LogP) is 5.94. The molecule has 182 valence electrons. The van der Waals surface area contributed by atoms with Gasteiger partial charge in [0.25, 0.3) is 0 Å². The second-order valence-corrected chi connectivity index (χ2v) is 9.93. The zero-order chi connectivity index (χ0) is 24.0. The van der Waals surface area contributed by atoms with Gasteiger partial charge in [-0.2, -0.15) is 18.2 Å². The maximum Gasteiger partial charge on any atom is 0.419 e. The van der Waals surface area contributed by atoms with Crippen LogP contribution in [0.15, 0.2) is 22.7 Å². The predicted molar refractivity (Wildman–Crippen MR) is 127 cm³/mol. The Labute approximate surface area is 204 Å². The number of guanidine groups is 1. The highest BCUT2D eigenvalue weighted by molar-refractivity contribution is 14.1. The molecule has 0 bridgehead atoms. The molecule has 0 unspecified atom stereocenters. The van der Waals surface area contributed by atoms with E-state index in [1.54, 1.807) is 4.90 Å². The number of nitrogens with two attached hydrogens (primary N) is 1. The molecule has 1 aromatic carbocycles. The quantitative estimate of drug-likeness (QED) is 0.119. The molecule has 0 radical (unpaired) electrons. The van der Waals surface area contributed by atoms with Crippen molar-refractivity contribution in [3.05, 3.63) is 29.7 Å². The Hall–Kier alpha value is -2.05. The number of unbranched alkanes of at least 4 members (excludes halogenated alkanes) is 5. The molecule has 2 atom stereocenters. The standard InChI is InChI=1S/C22H29F3IN5O2/c1-2-3-4-5-6-7-10-32-18-9-8-14(11-16(18)22(23,24)25)19-29-20(33-30-19)17-12-15(26)13-31(17)21(27)28/h8-9,11,15,17H,2-7,10,12-13H2,1H3,(H3,27,28)/t15-,17-/m0/s1. The lowest BCUT2D eigenvalue weighted by Crippen LogP contribution is -2.36. The maximum absolute atomic E-state index is 13.7. The van der Waals surface area contributed by atoms with Crippen molar-refractivity contribution in [2.45, 2.75) is 68.0 Å². The van der Waals surface area contributed by atoms with Crippen LogP contribution in [0, 0.1) is 5.41 Å². The first-order valence-electron chi connectivity index (χ1n) is 11.1. The second-order valence-electron chi connectivity index (χ2n) is 8.17. The van der Waals surface area contributed by atoms with Crippen LogP contribution in [0.4, 0.5) is 13.2 Å². The van der Waals surface area contributed by atoms with Gasteiger partial charge in [0.05, 0.1) is 12.2 Å². The van der Waals surface area contributed by atoms with Crippen molar-refractivity contribution in [1.29, 1.82) is 5.41 Å². The van der Waals surface area contributed by atoms with E-state index in [4.69, 9.17) is 20.4 Å². The molecule has 11 heteroatoms. The van der Waals surface area contributed by atoms with Gasteiger partial charge in [-0.25, -0.2) is 0 Å². The molecule has 3 N–H and O–H groups in total. The SMILES string of the molecule is CCCCCCCCOc1ccc(-c2noc([C@@H]3C[C@H](I)CN3C(=N)N)n2)cc1C(F)(F)F. The molecule has 0 spiro atoms. The Morgan fingerprint density at radius 2 is 2.00 bits per heavy atom. The van der Waals surface area contributed by atoms with E-state index in [1.807, 2.05) is 0 Å². The van der Waals surface area contributed by atoms with Crippen LogP contribution in [-0.2, 0) is 6.18 Å². The summed E-state index contributed by atoms with van der Waals surface area (Å²) in [5.74, 6) is -0.0188. The van der Waals surface area contributed by atoms with E-state index in [0.717, 1.165) is 31.7 Å². The lowest BCUT2D eigenvalue weighted by atomic mass is 10.1. The van der Waals surface area contributed by atoms with Gasteiger partial charge >= 0.3 is 6.18 Å². The highest BCUT2D eigenvalue weighted by Crippen LogP contribution is 2.39. The zero-order valence-corrected chi connectivity index (χ0v) is 20.7. The summed E-state index contributed by atoms with van der Waals surface area (Å²) in [5.41, 5.74) is 4.97. The number of nitrogens with one attached hydrogen (secondary N) is 1. The van der Waals surface area contributed by atoms with Gasteiger partial charge in [0.2, 0.25) is 11.7 Å². The summed E-state index contributed by atoms with van der Waals surface area (Å²) in [4.78, 5) is 5.96. The highest BCUT2D eigenvalue weighted by atomic mass is 127. The fourth-order valence-electron chi connectivity index (χ4n) is 3.85. The number of halogens is 4. The minimum absolute atomic E-state index is 0.0541. The normalized spacial score (nSPS) is 18.6. The summed E-state index contributed by atoms with van der Waals surface area (Å²) in [7, 11) is 0. The smallest absolute Gasteiger partial charge is 0.419 e. The summed E-state index contributed by atoms with van der Waals surface area (Å²) in [6, 6.07) is 3.43. The van der Waals surface area contributed by atoms with E-state index in [2.05, 4.69) is 39.7 Å². The van der Waals surface area contributed by atoms with Gasteiger partial charge in [0, 0.05) is 16.0 Å². The lowest BCUT2D eigenvalue weighted by molar-refractivity contribution is -0.138. The van der Waals surface area contributed by atoms with Gasteiger partial charge in [-0.3, -0.25) is 5.41 Å². The van der Waals surface area contributed by atoms with Crippen LogP contribution >= 0.6 is 22.6 Å². The van der Waals surface area contributed by atoms with E-state index >= 15 is 0 Å². The van der Waals surface area contributed by atoms with Crippen LogP contribution in [-0.4, -0.2) is 38.1 Å². The van der Waals surface area contributed by atoms with Crippen molar-refractivity contribution in [2.75, 3.05) is 13.2 Å². The molecule has 1 fully saturated rings. The molecule has 2 heterocycles. The molecule has 0 amide bonds. The van der Waals surface area contributed by atoms with Crippen molar-refractivity contribution in [3.8, 4) is 17.1 Å². The van der Waals surface area contributed by atoms with E-state index in [-0.39, 0.29) is 45.6 Å². The Bertz CT molecular complexity index is 937. The summed E-state index contributed by atoms with van der Waals surface area (Å²) in [5, 5.41) is 11.6. The van der Waals surface area contributed by atoms with Gasteiger partial charge in [-0.15, -0.1) is 0 Å². The van der Waals surface area contributed by atoms with Gasteiger partial charge in [0.15, 0.2) is 5.96 Å². The maximum atomic E-state index is 13.7. The first kappa shape index (κ1) is 25.6. The second kappa shape index (κ2) is 11.4. The molecule has 1 saturated heterocycles. The minimum Gasteiger partial charge on any atom is -0.493 e. The molecular weight excluding hydrogens is 550 g/mol. The van der Waals surface area contributed by atoms with E-state index < -0.39 is 11.7 Å². The molecule has 1 aliphatic heterocycles. The van der Waals surface area contributed by atoms with Crippen molar-refractivity contribution in [1.82, 2.24) is 15.0 Å². The molecule has 33 heavy (non-hydrogen) atoms. The van der Waals surface area contributed by atoms with Crippen LogP contribution in [0.1, 0.15) is 69.4 Å². The Kier molecular flexibility index (Phi) is 8.82. The van der Waals surface area contributed by atoms with Gasteiger partial charge in [-0.05, 0) is 31.0 Å². The topological polar surface area (TPSA) is 101 Å². The van der Waals surface area contributed by atoms with E-state index in [9.17, 15) is 13.2 Å². The van der Waals surface area contributed by atoms with Crippen LogP contribution in [0.3, 0.4) is 0 Å². The van der Waals surface area contributed by atoms with Crippen LogP contribution in [0.25, 0.3) is 11.4 Å². The molecular formula is C22H29F3IN5O2. The molecule has 0 aliphatic carbocycles. The molecule has 3 rings (SSSR count). The zero-order valence-electron chi connectivity index (χ0n) is 18.5. The number of hydrogen-bond acceptors (Lipinski definition) is 5. The van der Waals surface area contributed by atoms with Gasteiger partial charge in [-0.1, -0.05) is 66.8 Å². The Morgan fingerprint density at radius 1 is 1.27 bits per heavy atom. The Morgan fingerprint density at radius 3 is 2.70 bits per heavy atom. The highest BCUT2D eigenvalue weighted by Gasteiger charge is 2.37. The Balaban J connectivity index is 1.72. The molecule has 0 saturated carbocycles. The van der Waals surface area contributed by atoms with Crippen LogP contribution in [0.2, 0.25) is 0 Å². The third-order valence-corrected chi connectivity index (χ3v) is 6.49. The lowest BCUT2D eigenvalue weighted by Gasteiger charge is -2.21. The average Bonchev–Trinajstić information content (AvgIpc) is 3.39. The van der Waals surface area contributed by atoms with Crippen molar-refractivity contribution in [2.24, 2.45) is 5.73 Å². The fraction of sp³-hybridized carbons (Fsp3) is 0.591. The number of ether oxygens (including phenoxy) is 1. The summed E-state index contributed by atoms with van der Waals surface area (Å²) < 4.78 is 52.2. The molecule has 1 aliphatic rings. The summed E-state index contributed by atoms with van der Waals surface area (Å²) in [6.07, 6.45) is 2.23. The number of nitrogens with zero attached hydrogens (tertiary/aromatic N) is 3. The largest absolute Gasteiger partial charge is 0.493 e.